The maximum atomic E-state index is 13.1. The summed E-state index contributed by atoms with van der Waals surface area (Å²) < 4.78 is 4.91. The van der Waals surface area contributed by atoms with Crippen molar-refractivity contribution < 1.29 is 14.3 Å². The first-order chi connectivity index (χ1) is 12.4. The van der Waals surface area contributed by atoms with Crippen molar-refractivity contribution in [3.63, 3.8) is 0 Å². The Balaban J connectivity index is 2.12. The molecule has 0 saturated carbocycles. The first kappa shape index (κ1) is 18.0. The molecular weight excluding hydrogens is 350 g/mol. The number of hydrogen-bond donors (Lipinski definition) is 0. The number of halogens is 1. The number of hydrogen-bond acceptors (Lipinski definition) is 3. The molecule has 1 aliphatic rings. The van der Waals surface area contributed by atoms with Crippen LogP contribution in [-0.4, -0.2) is 19.0 Å². The van der Waals surface area contributed by atoms with E-state index in [1.165, 1.54) is 12.0 Å². The van der Waals surface area contributed by atoms with E-state index in [1.807, 2.05) is 31.2 Å². The van der Waals surface area contributed by atoms with Crippen molar-refractivity contribution in [2.24, 2.45) is 0 Å². The van der Waals surface area contributed by atoms with E-state index in [-0.39, 0.29) is 11.5 Å². The lowest BCUT2D eigenvalue weighted by molar-refractivity contribution is -0.136. The molecule has 132 valence electrons. The van der Waals surface area contributed by atoms with Gasteiger partial charge in [-0.15, -0.1) is 0 Å². The highest BCUT2D eigenvalue weighted by molar-refractivity contribution is 6.30. The van der Waals surface area contributed by atoms with Crippen molar-refractivity contribution in [3.8, 4) is 0 Å². The summed E-state index contributed by atoms with van der Waals surface area (Å²) >= 11 is 5.92. The highest BCUT2D eigenvalue weighted by Crippen LogP contribution is 2.35. The van der Waals surface area contributed by atoms with Gasteiger partial charge in [0.05, 0.1) is 18.3 Å². The molecule has 0 aliphatic carbocycles. The number of carbonyl (C=O) groups is 2. The lowest BCUT2D eigenvalue weighted by Gasteiger charge is -2.18. The molecule has 1 amide bonds. The fraction of sp³-hybridized carbons (Fsp3) is 0.143. The molecule has 0 radical (unpaired) electrons. The summed E-state index contributed by atoms with van der Waals surface area (Å²) in [5.41, 5.74) is 3.69. The second kappa shape index (κ2) is 7.18. The van der Waals surface area contributed by atoms with Crippen LogP contribution in [0.15, 0.2) is 65.4 Å². The number of aryl methyl sites for hydroxylation is 1. The minimum atomic E-state index is -0.536. The quantitative estimate of drug-likeness (QED) is 0.591. The smallest absolute Gasteiger partial charge is 0.340 e. The largest absolute Gasteiger partial charge is 0.465 e. The first-order valence-electron chi connectivity index (χ1n) is 8.10. The average Bonchev–Trinajstić information content (AvgIpc) is 2.87. The van der Waals surface area contributed by atoms with Crippen LogP contribution >= 0.6 is 11.6 Å². The number of esters is 1. The number of anilines is 1. The summed E-state index contributed by atoms with van der Waals surface area (Å²) in [5, 5.41) is 0.603. The van der Waals surface area contributed by atoms with Gasteiger partial charge in [-0.1, -0.05) is 41.4 Å². The zero-order valence-corrected chi connectivity index (χ0v) is 15.5. The third-order valence-electron chi connectivity index (χ3n) is 4.26. The fourth-order valence-electron chi connectivity index (χ4n) is 2.91. The van der Waals surface area contributed by atoms with Crippen molar-refractivity contribution in [1.82, 2.24) is 0 Å². The molecule has 4 nitrogen and oxygen atoms in total. The fourth-order valence-corrected chi connectivity index (χ4v) is 3.04. The van der Waals surface area contributed by atoms with Gasteiger partial charge in [-0.3, -0.25) is 9.69 Å². The number of amides is 1. The monoisotopic (exact) mass is 367 g/mol. The number of benzene rings is 2. The van der Waals surface area contributed by atoms with Crippen LogP contribution in [0.5, 0.6) is 0 Å². The minimum Gasteiger partial charge on any atom is -0.465 e. The van der Waals surface area contributed by atoms with Gasteiger partial charge >= 0.3 is 5.97 Å². The lowest BCUT2D eigenvalue weighted by atomic mass is 10.0. The molecule has 2 aromatic carbocycles. The van der Waals surface area contributed by atoms with Crippen LogP contribution in [0.3, 0.4) is 0 Å². The van der Waals surface area contributed by atoms with E-state index in [4.69, 9.17) is 16.3 Å². The molecule has 0 N–H and O–H groups in total. The van der Waals surface area contributed by atoms with Gasteiger partial charge in [0, 0.05) is 16.4 Å². The first-order valence-corrected chi connectivity index (χ1v) is 8.48. The lowest BCUT2D eigenvalue weighted by Crippen LogP contribution is -2.24. The minimum absolute atomic E-state index is 0.262. The van der Waals surface area contributed by atoms with E-state index in [0.717, 1.165) is 11.1 Å². The number of rotatable bonds is 3. The van der Waals surface area contributed by atoms with E-state index >= 15 is 0 Å². The standard InChI is InChI=1S/C21H18ClNO3/c1-13-4-10-17(11-5-13)23-14(2)19(21(25)26-3)18(20(23)24)12-15-6-8-16(22)9-7-15/h4-12H,1-3H3/b18-12-. The number of nitrogens with zero attached hydrogens (tertiary/aromatic N) is 1. The van der Waals surface area contributed by atoms with Gasteiger partial charge in [-0.05, 0) is 49.8 Å². The van der Waals surface area contributed by atoms with Crippen molar-refractivity contribution in [2.75, 3.05) is 12.0 Å². The second-order valence-electron chi connectivity index (χ2n) is 6.04. The number of carbonyl (C=O) groups excluding carboxylic acids is 2. The Labute approximate surface area is 157 Å². The molecule has 26 heavy (non-hydrogen) atoms. The van der Waals surface area contributed by atoms with Crippen molar-refractivity contribution >= 4 is 35.2 Å². The Kier molecular flexibility index (Phi) is 4.96. The zero-order valence-electron chi connectivity index (χ0n) is 14.7. The summed E-state index contributed by atoms with van der Waals surface area (Å²) in [6.45, 7) is 3.72. The molecule has 0 aromatic heterocycles. The van der Waals surface area contributed by atoms with E-state index in [0.29, 0.717) is 22.0 Å². The Morgan fingerprint density at radius 3 is 2.23 bits per heavy atom. The molecule has 0 bridgehead atoms. The molecule has 5 heteroatoms. The molecule has 0 saturated heterocycles. The van der Waals surface area contributed by atoms with Gasteiger partial charge in [-0.2, -0.15) is 0 Å². The topological polar surface area (TPSA) is 46.6 Å². The van der Waals surface area contributed by atoms with Crippen LogP contribution in [-0.2, 0) is 14.3 Å². The molecule has 0 spiro atoms. The summed E-state index contributed by atoms with van der Waals surface area (Å²) in [6, 6.07) is 14.6. The number of ether oxygens (including phenoxy) is 1. The maximum Gasteiger partial charge on any atom is 0.340 e. The van der Waals surface area contributed by atoms with Gasteiger partial charge in [0.2, 0.25) is 0 Å². The number of methoxy groups -OCH3 is 1. The Hall–Kier alpha value is -2.85. The maximum absolute atomic E-state index is 13.1. The summed E-state index contributed by atoms with van der Waals surface area (Å²) in [4.78, 5) is 27.0. The van der Waals surface area contributed by atoms with Crippen molar-refractivity contribution in [2.45, 2.75) is 13.8 Å². The third kappa shape index (κ3) is 3.28. The van der Waals surface area contributed by atoms with E-state index in [2.05, 4.69) is 0 Å². The van der Waals surface area contributed by atoms with Crippen LogP contribution in [0.25, 0.3) is 6.08 Å². The molecule has 0 fully saturated rings. The molecule has 1 heterocycles. The van der Waals surface area contributed by atoms with Crippen LogP contribution in [0.2, 0.25) is 5.02 Å². The second-order valence-corrected chi connectivity index (χ2v) is 6.47. The van der Waals surface area contributed by atoms with Crippen LogP contribution in [0.1, 0.15) is 18.1 Å². The molecule has 0 atom stereocenters. The van der Waals surface area contributed by atoms with Gasteiger partial charge in [0.25, 0.3) is 5.91 Å². The van der Waals surface area contributed by atoms with Crippen molar-refractivity contribution in [3.05, 3.63) is 81.5 Å². The van der Waals surface area contributed by atoms with Crippen LogP contribution < -0.4 is 4.90 Å². The molecule has 0 unspecified atom stereocenters. The Morgan fingerprint density at radius 1 is 1.04 bits per heavy atom. The number of allylic oxidation sites excluding steroid dienone is 1. The average molecular weight is 368 g/mol. The van der Waals surface area contributed by atoms with Gasteiger partial charge in [0.1, 0.15) is 0 Å². The molecular formula is C21H18ClNO3. The highest BCUT2D eigenvalue weighted by atomic mass is 35.5. The van der Waals surface area contributed by atoms with Crippen molar-refractivity contribution in [1.29, 1.82) is 0 Å². The van der Waals surface area contributed by atoms with Crippen LogP contribution in [0, 0.1) is 6.92 Å². The summed E-state index contributed by atoms with van der Waals surface area (Å²) in [6.07, 6.45) is 1.68. The predicted molar refractivity (Wildman–Crippen MR) is 103 cm³/mol. The van der Waals surface area contributed by atoms with Gasteiger partial charge in [-0.25, -0.2) is 4.79 Å². The Bertz CT molecular complexity index is 925. The Morgan fingerprint density at radius 2 is 1.65 bits per heavy atom. The summed E-state index contributed by atoms with van der Waals surface area (Å²) in [5.74, 6) is -0.799. The molecule has 1 aliphatic heterocycles. The van der Waals surface area contributed by atoms with E-state index in [9.17, 15) is 9.59 Å². The highest BCUT2D eigenvalue weighted by Gasteiger charge is 2.37. The van der Waals surface area contributed by atoms with Crippen LogP contribution in [0.4, 0.5) is 5.69 Å². The third-order valence-corrected chi connectivity index (χ3v) is 4.51. The molecule has 3 rings (SSSR count). The zero-order chi connectivity index (χ0) is 18.8. The van der Waals surface area contributed by atoms with E-state index < -0.39 is 5.97 Å². The summed E-state index contributed by atoms with van der Waals surface area (Å²) in [7, 11) is 1.31. The molecule has 2 aromatic rings. The van der Waals surface area contributed by atoms with E-state index in [1.54, 1.807) is 37.3 Å². The van der Waals surface area contributed by atoms with Gasteiger partial charge in [0.15, 0.2) is 0 Å². The van der Waals surface area contributed by atoms with Gasteiger partial charge < -0.3 is 4.74 Å². The SMILES string of the molecule is COC(=O)C1=C(C)N(c2ccc(C)cc2)C(=O)/C1=C\c1ccc(Cl)cc1. The normalized spacial score (nSPS) is 15.8. The predicted octanol–water partition coefficient (Wildman–Crippen LogP) is 4.53.